The Labute approximate surface area is 150 Å². The van der Waals surface area contributed by atoms with Crippen molar-refractivity contribution in [2.24, 2.45) is 0 Å². The van der Waals surface area contributed by atoms with E-state index in [1.54, 1.807) is 0 Å². The van der Waals surface area contributed by atoms with Crippen LogP contribution in [0.5, 0.6) is 0 Å². The van der Waals surface area contributed by atoms with Crippen LogP contribution in [0.25, 0.3) is 6.08 Å². The van der Waals surface area contributed by atoms with E-state index < -0.39 is 6.09 Å². The highest BCUT2D eigenvalue weighted by molar-refractivity contribution is 9.10. The maximum atomic E-state index is 11.6. The molecule has 0 aliphatic rings. The predicted molar refractivity (Wildman–Crippen MR) is 98.3 cm³/mol. The SMILES string of the molecule is O=C(NCCC=Cc1ccc(Br)c(CO)c1)OCc1ccccc1. The number of ether oxygens (including phenoxy) is 1. The Bertz CT molecular complexity index is 686. The van der Waals surface area contributed by atoms with Crippen molar-refractivity contribution in [2.75, 3.05) is 6.54 Å². The molecule has 0 bridgehead atoms. The summed E-state index contributed by atoms with van der Waals surface area (Å²) < 4.78 is 6.02. The maximum Gasteiger partial charge on any atom is 0.407 e. The van der Waals surface area contributed by atoms with E-state index in [0.717, 1.165) is 21.2 Å². The monoisotopic (exact) mass is 389 g/mol. The van der Waals surface area contributed by atoms with Gasteiger partial charge >= 0.3 is 6.09 Å². The number of aliphatic hydroxyl groups excluding tert-OH is 1. The topological polar surface area (TPSA) is 58.6 Å². The Morgan fingerprint density at radius 3 is 2.75 bits per heavy atom. The summed E-state index contributed by atoms with van der Waals surface area (Å²) in [5.41, 5.74) is 2.82. The highest BCUT2D eigenvalue weighted by atomic mass is 79.9. The quantitative estimate of drug-likeness (QED) is 0.695. The van der Waals surface area contributed by atoms with Gasteiger partial charge in [-0.2, -0.15) is 0 Å². The summed E-state index contributed by atoms with van der Waals surface area (Å²) in [7, 11) is 0. The fourth-order valence-electron chi connectivity index (χ4n) is 2.07. The van der Waals surface area contributed by atoms with Crippen molar-refractivity contribution in [3.05, 3.63) is 75.8 Å². The number of alkyl carbamates (subject to hydrolysis) is 1. The van der Waals surface area contributed by atoms with Crippen LogP contribution in [-0.2, 0) is 18.0 Å². The molecule has 0 fully saturated rings. The number of rotatable bonds is 7. The molecule has 0 aliphatic carbocycles. The van der Waals surface area contributed by atoms with E-state index in [1.165, 1.54) is 0 Å². The summed E-state index contributed by atoms with van der Waals surface area (Å²) >= 11 is 3.39. The van der Waals surface area contributed by atoms with Gasteiger partial charge in [-0.15, -0.1) is 0 Å². The number of aliphatic hydroxyl groups is 1. The summed E-state index contributed by atoms with van der Waals surface area (Å²) in [4.78, 5) is 11.6. The minimum absolute atomic E-state index is 0.00290. The standard InChI is InChI=1S/C19H20BrNO3/c20-18-10-9-15(12-17(18)13-22)6-4-5-11-21-19(23)24-14-16-7-2-1-3-8-16/h1-4,6-10,12,22H,5,11,13-14H2,(H,21,23). The number of amides is 1. The normalized spacial score (nSPS) is 10.8. The maximum absolute atomic E-state index is 11.6. The van der Waals surface area contributed by atoms with E-state index in [2.05, 4.69) is 21.2 Å². The lowest BCUT2D eigenvalue weighted by atomic mass is 10.1. The third kappa shape index (κ3) is 6.18. The Morgan fingerprint density at radius 2 is 2.00 bits per heavy atom. The van der Waals surface area contributed by atoms with Gasteiger partial charge in [0.25, 0.3) is 0 Å². The molecule has 0 aliphatic heterocycles. The van der Waals surface area contributed by atoms with Crippen LogP contribution in [-0.4, -0.2) is 17.7 Å². The molecule has 0 heterocycles. The van der Waals surface area contributed by atoms with Gasteiger partial charge < -0.3 is 15.2 Å². The average Bonchev–Trinajstić information content (AvgIpc) is 2.62. The van der Waals surface area contributed by atoms with Crippen LogP contribution in [0.2, 0.25) is 0 Å². The van der Waals surface area contributed by atoms with Gasteiger partial charge in [0.15, 0.2) is 0 Å². The second-order valence-electron chi connectivity index (χ2n) is 5.19. The van der Waals surface area contributed by atoms with Crippen LogP contribution in [0, 0.1) is 0 Å². The first-order valence-electron chi connectivity index (χ1n) is 7.69. The van der Waals surface area contributed by atoms with Crippen LogP contribution < -0.4 is 5.32 Å². The number of hydrogen-bond acceptors (Lipinski definition) is 3. The highest BCUT2D eigenvalue weighted by Crippen LogP contribution is 2.19. The molecule has 126 valence electrons. The van der Waals surface area contributed by atoms with E-state index in [4.69, 9.17) is 4.74 Å². The third-order valence-electron chi connectivity index (χ3n) is 3.34. The van der Waals surface area contributed by atoms with E-state index in [0.29, 0.717) is 13.0 Å². The number of hydrogen-bond donors (Lipinski definition) is 2. The molecule has 5 heteroatoms. The lowest BCUT2D eigenvalue weighted by Gasteiger charge is -2.06. The van der Waals surface area contributed by atoms with Crippen molar-refractivity contribution in [2.45, 2.75) is 19.6 Å². The van der Waals surface area contributed by atoms with Crippen LogP contribution in [0.4, 0.5) is 4.79 Å². The average molecular weight is 390 g/mol. The molecule has 2 rings (SSSR count). The predicted octanol–water partition coefficient (Wildman–Crippen LogP) is 4.27. The summed E-state index contributed by atoms with van der Waals surface area (Å²) in [5, 5.41) is 11.9. The molecule has 0 unspecified atom stereocenters. The van der Waals surface area contributed by atoms with Crippen LogP contribution in [0.15, 0.2) is 59.1 Å². The van der Waals surface area contributed by atoms with Gasteiger partial charge in [-0.25, -0.2) is 4.79 Å². The number of carbonyl (C=O) groups is 1. The fourth-order valence-corrected chi connectivity index (χ4v) is 2.44. The minimum atomic E-state index is -0.418. The largest absolute Gasteiger partial charge is 0.445 e. The Morgan fingerprint density at radius 1 is 1.21 bits per heavy atom. The molecule has 0 radical (unpaired) electrons. The second kappa shape index (κ2) is 9.90. The number of nitrogens with one attached hydrogen (secondary N) is 1. The fraction of sp³-hybridized carbons (Fsp3) is 0.211. The lowest BCUT2D eigenvalue weighted by molar-refractivity contribution is 0.140. The molecule has 2 aromatic rings. The molecule has 0 saturated heterocycles. The van der Waals surface area contributed by atoms with Gasteiger partial charge in [-0.1, -0.05) is 64.5 Å². The van der Waals surface area contributed by atoms with E-state index in [9.17, 15) is 9.90 Å². The van der Waals surface area contributed by atoms with Gasteiger partial charge in [0, 0.05) is 11.0 Å². The lowest BCUT2D eigenvalue weighted by Crippen LogP contribution is -2.24. The van der Waals surface area contributed by atoms with Gasteiger partial charge in [0.1, 0.15) is 6.61 Å². The zero-order chi connectivity index (χ0) is 17.2. The van der Waals surface area contributed by atoms with E-state index in [-0.39, 0.29) is 13.2 Å². The van der Waals surface area contributed by atoms with Gasteiger partial charge in [0.05, 0.1) is 6.61 Å². The Balaban J connectivity index is 1.67. The molecule has 24 heavy (non-hydrogen) atoms. The van der Waals surface area contributed by atoms with Gasteiger partial charge in [-0.05, 0) is 35.2 Å². The van der Waals surface area contributed by atoms with E-state index >= 15 is 0 Å². The number of carbonyl (C=O) groups excluding carboxylic acids is 1. The first-order valence-corrected chi connectivity index (χ1v) is 8.48. The van der Waals surface area contributed by atoms with Gasteiger partial charge in [0.2, 0.25) is 0 Å². The highest BCUT2D eigenvalue weighted by Gasteiger charge is 2.01. The zero-order valence-electron chi connectivity index (χ0n) is 13.2. The molecular formula is C19H20BrNO3. The second-order valence-corrected chi connectivity index (χ2v) is 6.04. The summed E-state index contributed by atoms with van der Waals surface area (Å²) in [6.45, 7) is 0.774. The van der Waals surface area contributed by atoms with Crippen LogP contribution in [0.3, 0.4) is 0 Å². The van der Waals surface area contributed by atoms with Crippen molar-refractivity contribution in [1.82, 2.24) is 5.32 Å². The molecule has 2 aromatic carbocycles. The van der Waals surface area contributed by atoms with Crippen molar-refractivity contribution in [3.63, 3.8) is 0 Å². The van der Waals surface area contributed by atoms with Crippen LogP contribution in [0.1, 0.15) is 23.1 Å². The summed E-state index contributed by atoms with van der Waals surface area (Å²) in [6, 6.07) is 15.3. The van der Waals surface area contributed by atoms with Gasteiger partial charge in [-0.3, -0.25) is 0 Å². The Kier molecular flexibility index (Phi) is 7.52. The van der Waals surface area contributed by atoms with Crippen LogP contribution >= 0.6 is 15.9 Å². The van der Waals surface area contributed by atoms with Crippen molar-refractivity contribution in [1.29, 1.82) is 0 Å². The molecule has 0 spiro atoms. The first-order chi connectivity index (χ1) is 11.7. The van der Waals surface area contributed by atoms with Crippen molar-refractivity contribution < 1.29 is 14.6 Å². The molecule has 4 nitrogen and oxygen atoms in total. The number of halogens is 1. The molecular weight excluding hydrogens is 370 g/mol. The first kappa shape index (κ1) is 18.2. The molecule has 1 amide bonds. The number of benzene rings is 2. The van der Waals surface area contributed by atoms with E-state index in [1.807, 2.05) is 60.7 Å². The Hall–Kier alpha value is -2.11. The summed E-state index contributed by atoms with van der Waals surface area (Å²) in [6.07, 6.45) is 4.22. The summed E-state index contributed by atoms with van der Waals surface area (Å²) in [5.74, 6) is 0. The zero-order valence-corrected chi connectivity index (χ0v) is 14.8. The van der Waals surface area contributed by atoms with Crippen molar-refractivity contribution >= 4 is 28.1 Å². The molecule has 0 saturated carbocycles. The third-order valence-corrected chi connectivity index (χ3v) is 4.12. The molecule has 0 aromatic heterocycles. The molecule has 2 N–H and O–H groups in total. The minimum Gasteiger partial charge on any atom is -0.445 e. The smallest absolute Gasteiger partial charge is 0.407 e. The van der Waals surface area contributed by atoms with Crippen molar-refractivity contribution in [3.8, 4) is 0 Å². The molecule has 0 atom stereocenters.